The number of nitrogens with zero attached hydrogens (tertiary/aromatic N) is 1. The topological polar surface area (TPSA) is 29.5 Å². The van der Waals surface area contributed by atoms with Gasteiger partial charge in [-0.2, -0.15) is 0 Å². The minimum atomic E-state index is -0.348. The van der Waals surface area contributed by atoms with Gasteiger partial charge in [0.25, 0.3) is 5.91 Å². The quantitative estimate of drug-likeness (QED) is 0.855. The van der Waals surface area contributed by atoms with Crippen LogP contribution in [-0.4, -0.2) is 30.5 Å². The zero-order valence-electron chi connectivity index (χ0n) is 9.45. The summed E-state index contributed by atoms with van der Waals surface area (Å²) in [6.07, 6.45) is 2.15. The molecule has 1 saturated carbocycles. The van der Waals surface area contributed by atoms with Crippen molar-refractivity contribution >= 4 is 21.8 Å². The SMILES string of the molecule is CN(C(=O)COc1ccc(F)c(Br)c1)C1CC1. The van der Waals surface area contributed by atoms with E-state index in [0.29, 0.717) is 16.3 Å². The lowest BCUT2D eigenvalue weighted by Gasteiger charge is -2.16. The van der Waals surface area contributed by atoms with Crippen molar-refractivity contribution < 1.29 is 13.9 Å². The van der Waals surface area contributed by atoms with Crippen molar-refractivity contribution in [3.8, 4) is 5.75 Å². The Bertz CT molecular complexity index is 435. The van der Waals surface area contributed by atoms with Gasteiger partial charge in [0.1, 0.15) is 11.6 Å². The van der Waals surface area contributed by atoms with Crippen LogP contribution in [0.3, 0.4) is 0 Å². The Kier molecular flexibility index (Phi) is 3.66. The summed E-state index contributed by atoms with van der Waals surface area (Å²) in [4.78, 5) is 13.4. The normalized spacial score (nSPS) is 14.5. The van der Waals surface area contributed by atoms with Gasteiger partial charge in [-0.05, 0) is 47.0 Å². The van der Waals surface area contributed by atoms with Crippen LogP contribution >= 0.6 is 15.9 Å². The number of benzene rings is 1. The van der Waals surface area contributed by atoms with Gasteiger partial charge in [-0.1, -0.05) is 0 Å². The van der Waals surface area contributed by atoms with Crippen LogP contribution in [0.5, 0.6) is 5.75 Å². The molecular formula is C12H13BrFNO2. The monoisotopic (exact) mass is 301 g/mol. The van der Waals surface area contributed by atoms with Crippen molar-refractivity contribution in [2.75, 3.05) is 13.7 Å². The van der Waals surface area contributed by atoms with E-state index in [0.717, 1.165) is 12.8 Å². The van der Waals surface area contributed by atoms with Crippen molar-refractivity contribution in [2.24, 2.45) is 0 Å². The number of hydrogen-bond acceptors (Lipinski definition) is 2. The predicted molar refractivity (Wildman–Crippen MR) is 65.4 cm³/mol. The van der Waals surface area contributed by atoms with Crippen molar-refractivity contribution in [2.45, 2.75) is 18.9 Å². The molecule has 0 N–H and O–H groups in total. The molecule has 0 spiro atoms. The summed E-state index contributed by atoms with van der Waals surface area (Å²) in [6, 6.07) is 4.70. The first-order chi connectivity index (χ1) is 8.08. The van der Waals surface area contributed by atoms with Gasteiger partial charge in [-0.3, -0.25) is 4.79 Å². The van der Waals surface area contributed by atoms with E-state index in [9.17, 15) is 9.18 Å². The first kappa shape index (κ1) is 12.4. The van der Waals surface area contributed by atoms with Crippen molar-refractivity contribution in [1.29, 1.82) is 0 Å². The summed E-state index contributed by atoms with van der Waals surface area (Å²) in [7, 11) is 1.78. The Balaban J connectivity index is 1.88. The molecule has 0 heterocycles. The fourth-order valence-corrected chi connectivity index (χ4v) is 1.84. The Morgan fingerprint density at radius 2 is 2.29 bits per heavy atom. The number of carbonyl (C=O) groups excluding carboxylic acids is 1. The molecule has 1 amide bonds. The van der Waals surface area contributed by atoms with Gasteiger partial charge < -0.3 is 9.64 Å². The molecule has 2 rings (SSSR count). The van der Waals surface area contributed by atoms with E-state index in [1.54, 1.807) is 11.9 Å². The number of amides is 1. The summed E-state index contributed by atoms with van der Waals surface area (Å²) in [5.74, 6) is 0.0857. The number of likely N-dealkylation sites (N-methyl/N-ethyl adjacent to an activating group) is 1. The van der Waals surface area contributed by atoms with Crippen molar-refractivity contribution in [3.05, 3.63) is 28.5 Å². The third kappa shape index (κ3) is 3.19. The molecule has 0 saturated heterocycles. The molecule has 1 aromatic carbocycles. The second-order valence-corrected chi connectivity index (χ2v) is 4.95. The van der Waals surface area contributed by atoms with Gasteiger partial charge in [0.05, 0.1) is 4.47 Å². The summed E-state index contributed by atoms with van der Waals surface area (Å²) in [5, 5.41) is 0. The third-order valence-electron chi connectivity index (χ3n) is 2.74. The minimum Gasteiger partial charge on any atom is -0.484 e. The van der Waals surface area contributed by atoms with Crippen LogP contribution in [0.4, 0.5) is 4.39 Å². The maximum absolute atomic E-state index is 13.0. The highest BCUT2D eigenvalue weighted by molar-refractivity contribution is 9.10. The number of halogens is 2. The average molecular weight is 302 g/mol. The first-order valence-electron chi connectivity index (χ1n) is 5.41. The van der Waals surface area contributed by atoms with Crippen molar-refractivity contribution in [1.82, 2.24) is 4.90 Å². The molecule has 0 unspecified atom stereocenters. The van der Waals surface area contributed by atoms with Gasteiger partial charge in [0.2, 0.25) is 0 Å². The number of ether oxygens (including phenoxy) is 1. The van der Waals surface area contributed by atoms with E-state index in [2.05, 4.69) is 15.9 Å². The van der Waals surface area contributed by atoms with Crippen LogP contribution in [-0.2, 0) is 4.79 Å². The lowest BCUT2D eigenvalue weighted by molar-refractivity contribution is -0.132. The van der Waals surface area contributed by atoms with Gasteiger partial charge in [0, 0.05) is 13.1 Å². The van der Waals surface area contributed by atoms with E-state index in [1.807, 2.05) is 0 Å². The third-order valence-corrected chi connectivity index (χ3v) is 3.35. The van der Waals surface area contributed by atoms with Gasteiger partial charge in [-0.15, -0.1) is 0 Å². The molecule has 0 aromatic heterocycles. The van der Waals surface area contributed by atoms with E-state index in [1.165, 1.54) is 18.2 Å². The Hall–Kier alpha value is -1.10. The summed E-state index contributed by atoms with van der Waals surface area (Å²) >= 11 is 3.06. The molecule has 0 atom stereocenters. The predicted octanol–water partition coefficient (Wildman–Crippen LogP) is 2.59. The maximum Gasteiger partial charge on any atom is 0.260 e. The summed E-state index contributed by atoms with van der Waals surface area (Å²) in [5.41, 5.74) is 0. The molecule has 1 fully saturated rings. The van der Waals surface area contributed by atoms with Crippen LogP contribution in [0.1, 0.15) is 12.8 Å². The smallest absolute Gasteiger partial charge is 0.260 e. The van der Waals surface area contributed by atoms with E-state index in [4.69, 9.17) is 4.74 Å². The van der Waals surface area contributed by atoms with Crippen LogP contribution in [0, 0.1) is 5.82 Å². The average Bonchev–Trinajstić information content (AvgIpc) is 3.13. The minimum absolute atomic E-state index is 0.00886. The summed E-state index contributed by atoms with van der Waals surface area (Å²) < 4.78 is 18.6. The second kappa shape index (κ2) is 5.04. The molecule has 3 nitrogen and oxygen atoms in total. The van der Waals surface area contributed by atoms with Gasteiger partial charge in [-0.25, -0.2) is 4.39 Å². The first-order valence-corrected chi connectivity index (χ1v) is 6.20. The number of rotatable bonds is 4. The molecule has 5 heteroatoms. The van der Waals surface area contributed by atoms with Crippen molar-refractivity contribution in [3.63, 3.8) is 0 Å². The molecular weight excluding hydrogens is 289 g/mol. The molecule has 17 heavy (non-hydrogen) atoms. The fourth-order valence-electron chi connectivity index (χ4n) is 1.48. The van der Waals surface area contributed by atoms with Crippen LogP contribution in [0.25, 0.3) is 0 Å². The Morgan fingerprint density at radius 1 is 1.59 bits per heavy atom. The lowest BCUT2D eigenvalue weighted by Crippen LogP contribution is -2.33. The maximum atomic E-state index is 13.0. The van der Waals surface area contributed by atoms with Gasteiger partial charge in [0.15, 0.2) is 6.61 Å². The molecule has 0 bridgehead atoms. The molecule has 92 valence electrons. The standard InChI is InChI=1S/C12H13BrFNO2/c1-15(8-2-3-8)12(16)7-17-9-4-5-11(14)10(13)6-9/h4-6,8H,2-3,7H2,1H3. The van der Waals surface area contributed by atoms with Gasteiger partial charge >= 0.3 is 0 Å². The molecule has 1 aromatic rings. The number of carbonyl (C=O) groups is 1. The largest absolute Gasteiger partial charge is 0.484 e. The van der Waals surface area contributed by atoms with E-state index in [-0.39, 0.29) is 18.3 Å². The fraction of sp³-hybridized carbons (Fsp3) is 0.417. The molecule has 0 radical (unpaired) electrons. The molecule has 0 aliphatic heterocycles. The van der Waals surface area contributed by atoms with E-state index >= 15 is 0 Å². The van der Waals surface area contributed by atoms with Crippen LogP contribution in [0.15, 0.2) is 22.7 Å². The van der Waals surface area contributed by atoms with E-state index < -0.39 is 0 Å². The lowest BCUT2D eigenvalue weighted by atomic mass is 10.3. The number of hydrogen-bond donors (Lipinski definition) is 0. The Labute approximate surface area is 108 Å². The Morgan fingerprint density at radius 3 is 2.88 bits per heavy atom. The highest BCUT2D eigenvalue weighted by atomic mass is 79.9. The zero-order valence-corrected chi connectivity index (χ0v) is 11.0. The summed E-state index contributed by atoms with van der Waals surface area (Å²) in [6.45, 7) is -0.00886. The second-order valence-electron chi connectivity index (χ2n) is 4.10. The van der Waals surface area contributed by atoms with Crippen LogP contribution < -0.4 is 4.74 Å². The highest BCUT2D eigenvalue weighted by Crippen LogP contribution is 2.26. The molecule has 1 aliphatic carbocycles. The highest BCUT2D eigenvalue weighted by Gasteiger charge is 2.29. The molecule has 1 aliphatic rings. The zero-order chi connectivity index (χ0) is 12.4. The van der Waals surface area contributed by atoms with Crippen LogP contribution in [0.2, 0.25) is 0 Å².